The van der Waals surface area contributed by atoms with Crippen LogP contribution in [0.4, 0.5) is 0 Å². The molecule has 1 rings (SSSR count). The number of nitrogens with zero attached hydrogens (tertiary/aromatic N) is 1. The molecule has 1 aromatic rings. The van der Waals surface area contributed by atoms with E-state index >= 15 is 0 Å². The van der Waals surface area contributed by atoms with E-state index in [0.717, 1.165) is 18.5 Å². The standard InChI is InChI=1S/C10H12N2/c1-12-6-5-9-3-2-4-10(7-9)8-11/h2-4,7,12H,5-6H2,1H3. The normalized spacial score (nSPS) is 9.33. The van der Waals surface area contributed by atoms with E-state index in [-0.39, 0.29) is 0 Å². The lowest BCUT2D eigenvalue weighted by Gasteiger charge is -1.99. The van der Waals surface area contributed by atoms with E-state index in [0.29, 0.717) is 0 Å². The molecule has 0 heterocycles. The SMILES string of the molecule is CNCCc1cccc(C#N)c1. The Morgan fingerprint density at radius 1 is 1.50 bits per heavy atom. The molecule has 0 spiro atoms. The van der Waals surface area contributed by atoms with Gasteiger partial charge in [0.05, 0.1) is 11.6 Å². The summed E-state index contributed by atoms with van der Waals surface area (Å²) in [6.45, 7) is 0.953. The van der Waals surface area contributed by atoms with Crippen molar-refractivity contribution in [2.75, 3.05) is 13.6 Å². The molecule has 12 heavy (non-hydrogen) atoms. The molecule has 0 aliphatic carbocycles. The molecule has 62 valence electrons. The molecule has 1 N–H and O–H groups in total. The monoisotopic (exact) mass is 160 g/mol. The zero-order chi connectivity index (χ0) is 8.81. The molecule has 0 bridgehead atoms. The van der Waals surface area contributed by atoms with Crippen molar-refractivity contribution in [1.82, 2.24) is 5.32 Å². The third kappa shape index (κ3) is 2.37. The Morgan fingerprint density at radius 2 is 2.33 bits per heavy atom. The van der Waals surface area contributed by atoms with Crippen molar-refractivity contribution in [1.29, 1.82) is 5.26 Å². The summed E-state index contributed by atoms with van der Waals surface area (Å²) < 4.78 is 0. The van der Waals surface area contributed by atoms with Crippen LogP contribution in [0.25, 0.3) is 0 Å². The van der Waals surface area contributed by atoms with Gasteiger partial charge in [-0.15, -0.1) is 0 Å². The summed E-state index contributed by atoms with van der Waals surface area (Å²) in [5, 5.41) is 11.7. The average molecular weight is 160 g/mol. The second-order valence-corrected chi connectivity index (χ2v) is 2.67. The fraction of sp³-hybridized carbons (Fsp3) is 0.300. The molecule has 0 amide bonds. The molecule has 0 saturated carbocycles. The van der Waals surface area contributed by atoms with Gasteiger partial charge < -0.3 is 5.32 Å². The smallest absolute Gasteiger partial charge is 0.0991 e. The van der Waals surface area contributed by atoms with Crippen LogP contribution < -0.4 is 5.32 Å². The van der Waals surface area contributed by atoms with Crippen molar-refractivity contribution in [2.24, 2.45) is 0 Å². The van der Waals surface area contributed by atoms with E-state index in [9.17, 15) is 0 Å². The summed E-state index contributed by atoms with van der Waals surface area (Å²) in [5.74, 6) is 0. The summed E-state index contributed by atoms with van der Waals surface area (Å²) in [4.78, 5) is 0. The number of rotatable bonds is 3. The van der Waals surface area contributed by atoms with Gasteiger partial charge in [0.1, 0.15) is 0 Å². The molecule has 0 aliphatic heterocycles. The van der Waals surface area contributed by atoms with Crippen LogP contribution in [-0.2, 0) is 6.42 Å². The molecule has 0 saturated heterocycles. The number of likely N-dealkylation sites (N-methyl/N-ethyl adjacent to an activating group) is 1. The topological polar surface area (TPSA) is 35.8 Å². The first kappa shape index (κ1) is 8.76. The lowest BCUT2D eigenvalue weighted by atomic mass is 10.1. The van der Waals surface area contributed by atoms with Gasteiger partial charge >= 0.3 is 0 Å². The minimum Gasteiger partial charge on any atom is -0.319 e. The van der Waals surface area contributed by atoms with Crippen molar-refractivity contribution >= 4 is 0 Å². The molecular weight excluding hydrogens is 148 g/mol. The predicted molar refractivity (Wildman–Crippen MR) is 48.8 cm³/mol. The van der Waals surface area contributed by atoms with Crippen LogP contribution in [0.5, 0.6) is 0 Å². The van der Waals surface area contributed by atoms with Crippen molar-refractivity contribution in [3.8, 4) is 6.07 Å². The van der Waals surface area contributed by atoms with Gasteiger partial charge in [0, 0.05) is 0 Å². The summed E-state index contributed by atoms with van der Waals surface area (Å²) in [7, 11) is 1.92. The zero-order valence-electron chi connectivity index (χ0n) is 7.17. The highest BCUT2D eigenvalue weighted by atomic mass is 14.8. The van der Waals surface area contributed by atoms with Crippen LogP contribution in [-0.4, -0.2) is 13.6 Å². The largest absolute Gasteiger partial charge is 0.319 e. The Bertz CT molecular complexity index is 286. The molecule has 0 atom stereocenters. The maximum atomic E-state index is 8.62. The van der Waals surface area contributed by atoms with Gasteiger partial charge in [0.2, 0.25) is 0 Å². The second kappa shape index (κ2) is 4.53. The molecule has 0 aromatic heterocycles. The Labute approximate surface area is 72.8 Å². The van der Waals surface area contributed by atoms with Crippen LogP contribution in [0.2, 0.25) is 0 Å². The molecule has 1 aromatic carbocycles. The molecular formula is C10H12N2. The van der Waals surface area contributed by atoms with Gasteiger partial charge in [-0.25, -0.2) is 0 Å². The number of hydrogen-bond donors (Lipinski definition) is 1. The van der Waals surface area contributed by atoms with Crippen LogP contribution in [0.3, 0.4) is 0 Å². The van der Waals surface area contributed by atoms with Crippen molar-refractivity contribution in [3.05, 3.63) is 35.4 Å². The minimum atomic E-state index is 0.739. The fourth-order valence-corrected chi connectivity index (χ4v) is 1.07. The minimum absolute atomic E-state index is 0.739. The van der Waals surface area contributed by atoms with Gasteiger partial charge in [-0.3, -0.25) is 0 Å². The molecule has 0 unspecified atom stereocenters. The molecule has 0 aliphatic rings. The Kier molecular flexibility index (Phi) is 3.31. The fourth-order valence-electron chi connectivity index (χ4n) is 1.07. The summed E-state index contributed by atoms with van der Waals surface area (Å²) in [6.07, 6.45) is 0.978. The third-order valence-electron chi connectivity index (χ3n) is 1.72. The number of benzene rings is 1. The highest BCUT2D eigenvalue weighted by molar-refractivity contribution is 5.32. The van der Waals surface area contributed by atoms with Gasteiger partial charge in [-0.1, -0.05) is 12.1 Å². The zero-order valence-corrected chi connectivity index (χ0v) is 7.17. The summed E-state index contributed by atoms with van der Waals surface area (Å²) in [5.41, 5.74) is 1.95. The van der Waals surface area contributed by atoms with Gasteiger partial charge in [0.25, 0.3) is 0 Å². The molecule has 0 radical (unpaired) electrons. The highest BCUT2D eigenvalue weighted by Crippen LogP contribution is 2.03. The Balaban J connectivity index is 2.68. The average Bonchev–Trinajstić information content (AvgIpc) is 2.15. The third-order valence-corrected chi connectivity index (χ3v) is 1.72. The summed E-state index contributed by atoms with van der Waals surface area (Å²) in [6, 6.07) is 9.83. The second-order valence-electron chi connectivity index (χ2n) is 2.67. The lowest BCUT2D eigenvalue weighted by molar-refractivity contribution is 0.791. The number of nitriles is 1. The quantitative estimate of drug-likeness (QED) is 0.723. The first-order chi connectivity index (χ1) is 5.86. The highest BCUT2D eigenvalue weighted by Gasteiger charge is 1.93. The number of hydrogen-bond acceptors (Lipinski definition) is 2. The van der Waals surface area contributed by atoms with Gasteiger partial charge in [-0.05, 0) is 37.7 Å². The van der Waals surface area contributed by atoms with E-state index < -0.39 is 0 Å². The molecule has 0 fully saturated rings. The van der Waals surface area contributed by atoms with Crippen LogP contribution >= 0.6 is 0 Å². The lowest BCUT2D eigenvalue weighted by Crippen LogP contribution is -2.10. The van der Waals surface area contributed by atoms with Crippen molar-refractivity contribution in [3.63, 3.8) is 0 Å². The maximum Gasteiger partial charge on any atom is 0.0991 e. The van der Waals surface area contributed by atoms with E-state index in [1.54, 1.807) is 0 Å². The summed E-state index contributed by atoms with van der Waals surface area (Å²) >= 11 is 0. The van der Waals surface area contributed by atoms with Gasteiger partial charge in [-0.2, -0.15) is 5.26 Å². The first-order valence-corrected chi connectivity index (χ1v) is 4.00. The predicted octanol–water partition coefficient (Wildman–Crippen LogP) is 1.32. The Hall–Kier alpha value is -1.33. The van der Waals surface area contributed by atoms with E-state index in [2.05, 4.69) is 11.4 Å². The maximum absolute atomic E-state index is 8.62. The van der Waals surface area contributed by atoms with E-state index in [4.69, 9.17) is 5.26 Å². The Morgan fingerprint density at radius 3 is 3.00 bits per heavy atom. The molecule has 2 heteroatoms. The molecule has 2 nitrogen and oxygen atoms in total. The van der Waals surface area contributed by atoms with Crippen molar-refractivity contribution < 1.29 is 0 Å². The van der Waals surface area contributed by atoms with Gasteiger partial charge in [0.15, 0.2) is 0 Å². The van der Waals surface area contributed by atoms with Crippen molar-refractivity contribution in [2.45, 2.75) is 6.42 Å². The first-order valence-electron chi connectivity index (χ1n) is 4.00. The van der Waals surface area contributed by atoms with Crippen LogP contribution in [0, 0.1) is 11.3 Å². The van der Waals surface area contributed by atoms with Crippen LogP contribution in [0.15, 0.2) is 24.3 Å². The number of nitrogens with one attached hydrogen (secondary N) is 1. The van der Waals surface area contributed by atoms with E-state index in [1.807, 2.05) is 31.3 Å². The van der Waals surface area contributed by atoms with E-state index in [1.165, 1.54) is 5.56 Å². The van der Waals surface area contributed by atoms with Crippen LogP contribution in [0.1, 0.15) is 11.1 Å².